The van der Waals surface area contributed by atoms with Crippen molar-refractivity contribution in [1.29, 1.82) is 0 Å². The standard InChI is InChI=1S/C17H22N2O3S/c1-13(22-3)12-23(20,21)19-14(2)15-4-6-16(7-5-15)17-8-10-18-11-9-17/h4-11,13-14,19H,12H2,1-3H3/t13-,14-/m1/s1. The Morgan fingerprint density at radius 1 is 1.04 bits per heavy atom. The van der Waals surface area contributed by atoms with Crippen LogP contribution in [0.15, 0.2) is 48.8 Å². The highest BCUT2D eigenvalue weighted by molar-refractivity contribution is 7.89. The van der Waals surface area contributed by atoms with Crippen molar-refractivity contribution in [3.63, 3.8) is 0 Å². The Kier molecular flexibility index (Phi) is 5.87. The molecule has 0 aliphatic carbocycles. The van der Waals surface area contributed by atoms with Crippen molar-refractivity contribution < 1.29 is 13.2 Å². The Hall–Kier alpha value is -1.76. The van der Waals surface area contributed by atoms with Gasteiger partial charge in [0.05, 0.1) is 11.9 Å². The summed E-state index contributed by atoms with van der Waals surface area (Å²) in [5, 5.41) is 0. The molecule has 23 heavy (non-hydrogen) atoms. The zero-order valence-corrected chi connectivity index (χ0v) is 14.4. The summed E-state index contributed by atoms with van der Waals surface area (Å²) in [6.45, 7) is 3.56. The van der Waals surface area contributed by atoms with Crippen LogP contribution < -0.4 is 4.72 Å². The molecule has 1 aromatic heterocycles. The van der Waals surface area contributed by atoms with Crippen molar-refractivity contribution in [3.8, 4) is 11.1 Å². The van der Waals surface area contributed by atoms with Gasteiger partial charge in [-0.25, -0.2) is 13.1 Å². The predicted octanol–water partition coefficient (Wildman–Crippen LogP) is 2.76. The van der Waals surface area contributed by atoms with Crippen LogP contribution in [-0.4, -0.2) is 32.4 Å². The van der Waals surface area contributed by atoms with Gasteiger partial charge in [-0.3, -0.25) is 4.98 Å². The number of nitrogens with zero attached hydrogens (tertiary/aromatic N) is 1. The lowest BCUT2D eigenvalue weighted by atomic mass is 10.0. The third-order valence-electron chi connectivity index (χ3n) is 3.64. The molecule has 2 atom stereocenters. The summed E-state index contributed by atoms with van der Waals surface area (Å²) in [4.78, 5) is 4.00. The number of rotatable bonds is 7. The molecule has 0 spiro atoms. The maximum Gasteiger partial charge on any atom is 0.214 e. The van der Waals surface area contributed by atoms with Crippen molar-refractivity contribution in [2.75, 3.05) is 12.9 Å². The summed E-state index contributed by atoms with van der Waals surface area (Å²) >= 11 is 0. The maximum atomic E-state index is 12.1. The van der Waals surface area contributed by atoms with Crippen LogP contribution in [0.25, 0.3) is 11.1 Å². The molecule has 1 aromatic carbocycles. The van der Waals surface area contributed by atoms with E-state index < -0.39 is 10.0 Å². The van der Waals surface area contributed by atoms with Crippen LogP contribution in [0.1, 0.15) is 25.5 Å². The first-order valence-electron chi connectivity index (χ1n) is 7.44. The van der Waals surface area contributed by atoms with Crippen LogP contribution in [0.2, 0.25) is 0 Å². The van der Waals surface area contributed by atoms with Crippen LogP contribution in [-0.2, 0) is 14.8 Å². The molecule has 0 bridgehead atoms. The molecule has 5 nitrogen and oxygen atoms in total. The zero-order valence-electron chi connectivity index (χ0n) is 13.6. The monoisotopic (exact) mass is 334 g/mol. The molecule has 1 N–H and O–H groups in total. The second kappa shape index (κ2) is 7.68. The van der Waals surface area contributed by atoms with Crippen molar-refractivity contribution >= 4 is 10.0 Å². The fraction of sp³-hybridized carbons (Fsp3) is 0.353. The quantitative estimate of drug-likeness (QED) is 0.845. The number of aromatic nitrogens is 1. The second-order valence-electron chi connectivity index (χ2n) is 5.53. The fourth-order valence-corrected chi connectivity index (χ4v) is 3.80. The van der Waals surface area contributed by atoms with E-state index in [1.54, 1.807) is 19.3 Å². The van der Waals surface area contributed by atoms with Crippen LogP contribution in [0, 0.1) is 0 Å². The summed E-state index contributed by atoms with van der Waals surface area (Å²) in [5.74, 6) is -0.0526. The summed E-state index contributed by atoms with van der Waals surface area (Å²) in [7, 11) is -1.88. The van der Waals surface area contributed by atoms with E-state index in [0.717, 1.165) is 16.7 Å². The number of sulfonamides is 1. The van der Waals surface area contributed by atoms with Gasteiger partial charge in [0.25, 0.3) is 0 Å². The number of pyridine rings is 1. The lowest BCUT2D eigenvalue weighted by Crippen LogP contribution is -2.33. The number of hydrogen-bond acceptors (Lipinski definition) is 4. The fourth-order valence-electron chi connectivity index (χ4n) is 2.27. The first kappa shape index (κ1) is 17.6. The molecule has 2 aromatic rings. The van der Waals surface area contributed by atoms with E-state index in [4.69, 9.17) is 4.74 Å². The molecule has 0 aliphatic heterocycles. The minimum atomic E-state index is -3.39. The average molecular weight is 334 g/mol. The molecule has 1 heterocycles. The second-order valence-corrected chi connectivity index (χ2v) is 7.32. The number of ether oxygens (including phenoxy) is 1. The first-order valence-corrected chi connectivity index (χ1v) is 9.09. The largest absolute Gasteiger partial charge is 0.381 e. The molecular formula is C17H22N2O3S. The van der Waals surface area contributed by atoms with E-state index in [1.165, 1.54) is 7.11 Å². The number of benzene rings is 1. The topological polar surface area (TPSA) is 68.3 Å². The Balaban J connectivity index is 2.07. The van der Waals surface area contributed by atoms with Crippen LogP contribution in [0.3, 0.4) is 0 Å². The van der Waals surface area contributed by atoms with E-state index in [0.29, 0.717) is 0 Å². The van der Waals surface area contributed by atoms with Gasteiger partial charge < -0.3 is 4.74 Å². The molecule has 124 valence electrons. The van der Waals surface area contributed by atoms with E-state index in [1.807, 2.05) is 43.3 Å². The zero-order chi connectivity index (χ0) is 16.9. The molecule has 0 saturated heterocycles. The number of nitrogens with one attached hydrogen (secondary N) is 1. The Morgan fingerprint density at radius 2 is 1.61 bits per heavy atom. The van der Waals surface area contributed by atoms with Gasteiger partial charge in [0, 0.05) is 25.5 Å². The van der Waals surface area contributed by atoms with E-state index in [-0.39, 0.29) is 17.9 Å². The Labute approximate surface area is 137 Å². The van der Waals surface area contributed by atoms with Gasteiger partial charge in [-0.05, 0) is 42.7 Å². The van der Waals surface area contributed by atoms with Gasteiger partial charge in [0.15, 0.2) is 0 Å². The van der Waals surface area contributed by atoms with Crippen molar-refractivity contribution in [1.82, 2.24) is 9.71 Å². The lowest BCUT2D eigenvalue weighted by Gasteiger charge is -2.17. The van der Waals surface area contributed by atoms with Crippen molar-refractivity contribution in [2.24, 2.45) is 0 Å². The highest BCUT2D eigenvalue weighted by atomic mass is 32.2. The average Bonchev–Trinajstić information content (AvgIpc) is 2.54. The minimum absolute atomic E-state index is 0.0526. The van der Waals surface area contributed by atoms with E-state index >= 15 is 0 Å². The SMILES string of the molecule is CO[C@H](C)CS(=O)(=O)N[C@H](C)c1ccc(-c2ccncc2)cc1. The van der Waals surface area contributed by atoms with Gasteiger partial charge in [-0.1, -0.05) is 24.3 Å². The van der Waals surface area contributed by atoms with Gasteiger partial charge >= 0.3 is 0 Å². The van der Waals surface area contributed by atoms with Gasteiger partial charge in [-0.15, -0.1) is 0 Å². The molecule has 0 aliphatic rings. The van der Waals surface area contributed by atoms with Crippen molar-refractivity contribution in [2.45, 2.75) is 26.0 Å². The molecule has 0 radical (unpaired) electrons. The van der Waals surface area contributed by atoms with E-state index in [2.05, 4.69) is 9.71 Å². The third kappa shape index (κ3) is 5.13. The molecular weight excluding hydrogens is 312 g/mol. The lowest BCUT2D eigenvalue weighted by molar-refractivity contribution is 0.136. The van der Waals surface area contributed by atoms with Gasteiger partial charge in [0.1, 0.15) is 0 Å². The highest BCUT2D eigenvalue weighted by Crippen LogP contribution is 2.21. The number of hydrogen-bond donors (Lipinski definition) is 1. The number of methoxy groups -OCH3 is 1. The molecule has 2 rings (SSSR count). The van der Waals surface area contributed by atoms with Crippen LogP contribution in [0.4, 0.5) is 0 Å². The summed E-state index contributed by atoms with van der Waals surface area (Å²) in [6, 6.07) is 11.4. The Bertz CT molecular complexity index is 715. The van der Waals surface area contributed by atoms with Crippen molar-refractivity contribution in [3.05, 3.63) is 54.4 Å². The molecule has 0 saturated carbocycles. The molecule has 0 unspecified atom stereocenters. The normalized spacial score (nSPS) is 14.4. The minimum Gasteiger partial charge on any atom is -0.381 e. The summed E-state index contributed by atoms with van der Waals surface area (Å²) in [5.41, 5.74) is 3.06. The molecule has 0 amide bonds. The maximum absolute atomic E-state index is 12.1. The molecule has 0 fully saturated rings. The summed E-state index contributed by atoms with van der Waals surface area (Å²) in [6.07, 6.45) is 3.15. The van der Waals surface area contributed by atoms with Gasteiger partial charge in [-0.2, -0.15) is 0 Å². The van der Waals surface area contributed by atoms with Gasteiger partial charge in [0.2, 0.25) is 10.0 Å². The Morgan fingerprint density at radius 3 is 2.17 bits per heavy atom. The van der Waals surface area contributed by atoms with Crippen LogP contribution in [0.5, 0.6) is 0 Å². The highest BCUT2D eigenvalue weighted by Gasteiger charge is 2.19. The first-order chi connectivity index (χ1) is 10.9. The predicted molar refractivity (Wildman–Crippen MR) is 91.5 cm³/mol. The molecule has 6 heteroatoms. The summed E-state index contributed by atoms with van der Waals surface area (Å²) < 4.78 is 31.8. The van der Waals surface area contributed by atoms with E-state index in [9.17, 15) is 8.42 Å². The smallest absolute Gasteiger partial charge is 0.214 e. The van der Waals surface area contributed by atoms with Crippen LogP contribution >= 0.6 is 0 Å². The third-order valence-corrected chi connectivity index (χ3v) is 5.26.